The van der Waals surface area contributed by atoms with E-state index in [0.717, 1.165) is 23.2 Å². The number of carbonyl (C=O) groups is 3. The highest BCUT2D eigenvalue weighted by atomic mass is 35.5. The Labute approximate surface area is 189 Å². The molecule has 1 aliphatic rings. The second-order valence-corrected chi connectivity index (χ2v) is 8.33. The molecular formula is C21H22Cl2N4O4. The Morgan fingerprint density at radius 3 is 2.68 bits per heavy atom. The van der Waals surface area contributed by atoms with Gasteiger partial charge in [0.2, 0.25) is 5.91 Å². The van der Waals surface area contributed by atoms with E-state index >= 15 is 0 Å². The van der Waals surface area contributed by atoms with Crippen LogP contribution >= 0.6 is 23.2 Å². The molecule has 2 unspecified atom stereocenters. The summed E-state index contributed by atoms with van der Waals surface area (Å²) in [4.78, 5) is 36.6. The van der Waals surface area contributed by atoms with E-state index in [1.54, 1.807) is 18.2 Å². The van der Waals surface area contributed by atoms with Crippen molar-refractivity contribution in [1.29, 1.82) is 0 Å². The maximum atomic E-state index is 12.3. The van der Waals surface area contributed by atoms with Crippen molar-refractivity contribution in [3.8, 4) is 0 Å². The number of likely N-dealkylation sites (N-methyl/N-ethyl adjacent to an activating group) is 1. The van der Waals surface area contributed by atoms with Crippen LogP contribution in [0.2, 0.25) is 10.0 Å². The molecule has 8 nitrogen and oxygen atoms in total. The third kappa shape index (κ3) is 5.66. The van der Waals surface area contributed by atoms with Crippen LogP contribution in [0, 0.1) is 0 Å². The third-order valence-corrected chi connectivity index (χ3v) is 5.60. The fourth-order valence-electron chi connectivity index (χ4n) is 3.69. The minimum Gasteiger partial charge on any atom is -0.480 e. The average molecular weight is 465 g/mol. The van der Waals surface area contributed by atoms with Crippen LogP contribution in [0.5, 0.6) is 0 Å². The first kappa shape index (κ1) is 22.9. The number of anilines is 1. The summed E-state index contributed by atoms with van der Waals surface area (Å²) in [5, 5.41) is 15.2. The molecule has 1 aliphatic heterocycles. The lowest BCUT2D eigenvalue weighted by Gasteiger charge is -2.33. The van der Waals surface area contributed by atoms with Crippen LogP contribution in [0.3, 0.4) is 0 Å². The molecular weight excluding hydrogens is 443 g/mol. The lowest BCUT2D eigenvalue weighted by atomic mass is 9.84. The summed E-state index contributed by atoms with van der Waals surface area (Å²) >= 11 is 12.7. The van der Waals surface area contributed by atoms with E-state index < -0.39 is 30.4 Å². The highest BCUT2D eigenvalue weighted by Gasteiger charge is 2.27. The number of aliphatic carboxylic acids is 1. The summed E-state index contributed by atoms with van der Waals surface area (Å²) in [5.74, 6) is -2.19. The summed E-state index contributed by atoms with van der Waals surface area (Å²) < 4.78 is 0. The number of urea groups is 1. The number of nitrogens with two attached hydrogens (primary N) is 1. The second-order valence-electron chi connectivity index (χ2n) is 7.49. The molecule has 0 saturated carbocycles. The second kappa shape index (κ2) is 9.55. The SMILES string of the molecule is CN1Cc2c(Cl)cc(Cl)cc2C(c2cccc(NC(=O)NC(CC(N)=O)C(=O)O)c2)C1. The number of carboxylic acid groups (broad SMARTS) is 1. The van der Waals surface area contributed by atoms with Gasteiger partial charge < -0.3 is 26.4 Å². The zero-order valence-corrected chi connectivity index (χ0v) is 18.2. The highest BCUT2D eigenvalue weighted by Crippen LogP contribution is 2.38. The van der Waals surface area contributed by atoms with E-state index in [2.05, 4.69) is 15.5 Å². The van der Waals surface area contributed by atoms with Gasteiger partial charge in [0, 0.05) is 34.7 Å². The van der Waals surface area contributed by atoms with Crippen molar-refractivity contribution in [1.82, 2.24) is 10.2 Å². The van der Waals surface area contributed by atoms with Gasteiger partial charge in [-0.15, -0.1) is 0 Å². The monoisotopic (exact) mass is 464 g/mol. The van der Waals surface area contributed by atoms with Crippen molar-refractivity contribution in [3.63, 3.8) is 0 Å². The third-order valence-electron chi connectivity index (χ3n) is 5.05. The number of hydrogen-bond acceptors (Lipinski definition) is 4. The number of fused-ring (bicyclic) bond motifs is 1. The van der Waals surface area contributed by atoms with E-state index in [4.69, 9.17) is 34.0 Å². The molecule has 0 spiro atoms. The van der Waals surface area contributed by atoms with Gasteiger partial charge in [0.15, 0.2) is 0 Å². The van der Waals surface area contributed by atoms with Gasteiger partial charge in [0.05, 0.1) is 6.42 Å². The van der Waals surface area contributed by atoms with E-state index in [9.17, 15) is 14.4 Å². The summed E-state index contributed by atoms with van der Waals surface area (Å²) in [5.41, 5.74) is 8.49. The van der Waals surface area contributed by atoms with E-state index in [1.165, 1.54) is 0 Å². The van der Waals surface area contributed by atoms with Crippen molar-refractivity contribution in [3.05, 3.63) is 63.1 Å². The van der Waals surface area contributed by atoms with E-state index in [-0.39, 0.29) is 5.92 Å². The first-order chi connectivity index (χ1) is 14.6. The molecule has 0 saturated heterocycles. The van der Waals surface area contributed by atoms with Gasteiger partial charge in [-0.3, -0.25) is 4.79 Å². The topological polar surface area (TPSA) is 125 Å². The minimum absolute atomic E-state index is 0.0172. The van der Waals surface area contributed by atoms with Crippen molar-refractivity contribution in [2.24, 2.45) is 5.73 Å². The molecule has 1 heterocycles. The fourth-order valence-corrected chi connectivity index (χ4v) is 4.26. The number of nitrogens with one attached hydrogen (secondary N) is 2. The summed E-state index contributed by atoms with van der Waals surface area (Å²) in [7, 11) is 2.00. The van der Waals surface area contributed by atoms with Crippen LogP contribution in [-0.4, -0.2) is 47.5 Å². The van der Waals surface area contributed by atoms with Gasteiger partial charge in [-0.25, -0.2) is 9.59 Å². The van der Waals surface area contributed by atoms with Crippen LogP contribution in [0.25, 0.3) is 0 Å². The summed E-state index contributed by atoms with van der Waals surface area (Å²) in [6.45, 7) is 1.44. The lowest BCUT2D eigenvalue weighted by molar-refractivity contribution is -0.140. The smallest absolute Gasteiger partial charge is 0.326 e. The Balaban J connectivity index is 1.82. The molecule has 31 heavy (non-hydrogen) atoms. The van der Waals surface area contributed by atoms with Crippen LogP contribution < -0.4 is 16.4 Å². The zero-order valence-electron chi connectivity index (χ0n) is 16.7. The quantitative estimate of drug-likeness (QED) is 0.522. The van der Waals surface area contributed by atoms with Crippen LogP contribution in [0.15, 0.2) is 36.4 Å². The number of nitrogens with zero attached hydrogens (tertiary/aromatic N) is 1. The van der Waals surface area contributed by atoms with Gasteiger partial charge >= 0.3 is 12.0 Å². The Bertz CT molecular complexity index is 1030. The average Bonchev–Trinajstić information content (AvgIpc) is 2.67. The van der Waals surface area contributed by atoms with Crippen LogP contribution in [0.4, 0.5) is 10.5 Å². The normalized spacial score (nSPS) is 16.8. The largest absolute Gasteiger partial charge is 0.480 e. The molecule has 0 fully saturated rings. The van der Waals surface area contributed by atoms with Gasteiger partial charge in [0.25, 0.3) is 0 Å². The molecule has 5 N–H and O–H groups in total. The lowest BCUT2D eigenvalue weighted by Crippen LogP contribution is -2.45. The van der Waals surface area contributed by atoms with Crippen molar-refractivity contribution in [2.45, 2.75) is 24.9 Å². The molecule has 3 amide bonds. The molecule has 0 bridgehead atoms. The number of hydrogen-bond donors (Lipinski definition) is 4. The zero-order chi connectivity index (χ0) is 22.7. The molecule has 3 rings (SSSR count). The maximum absolute atomic E-state index is 12.3. The first-order valence-electron chi connectivity index (χ1n) is 9.49. The Hall–Kier alpha value is -2.81. The summed E-state index contributed by atoms with van der Waals surface area (Å²) in [6, 6.07) is 8.71. The minimum atomic E-state index is -1.41. The number of rotatable bonds is 6. The molecule has 2 aromatic carbocycles. The highest BCUT2D eigenvalue weighted by molar-refractivity contribution is 6.35. The molecule has 164 valence electrons. The van der Waals surface area contributed by atoms with Crippen LogP contribution in [-0.2, 0) is 16.1 Å². The number of carboxylic acids is 1. The Kier molecular flexibility index (Phi) is 7.04. The van der Waals surface area contributed by atoms with Crippen molar-refractivity contribution >= 4 is 46.8 Å². The van der Waals surface area contributed by atoms with E-state index in [1.807, 2.05) is 25.2 Å². The van der Waals surface area contributed by atoms with Gasteiger partial charge in [-0.05, 0) is 48.0 Å². The Morgan fingerprint density at radius 1 is 1.26 bits per heavy atom. The van der Waals surface area contributed by atoms with Crippen LogP contribution in [0.1, 0.15) is 29.0 Å². The molecule has 0 aliphatic carbocycles. The number of benzene rings is 2. The number of primary amides is 1. The molecule has 2 atom stereocenters. The summed E-state index contributed by atoms with van der Waals surface area (Å²) in [6.07, 6.45) is -0.504. The van der Waals surface area contributed by atoms with Gasteiger partial charge in [-0.2, -0.15) is 0 Å². The van der Waals surface area contributed by atoms with E-state index in [0.29, 0.717) is 22.3 Å². The number of carbonyl (C=O) groups excluding carboxylic acids is 2. The molecule has 10 heteroatoms. The maximum Gasteiger partial charge on any atom is 0.326 e. The molecule has 0 radical (unpaired) electrons. The predicted octanol–water partition coefficient (Wildman–Crippen LogP) is 3.02. The van der Waals surface area contributed by atoms with Gasteiger partial charge in [0.1, 0.15) is 6.04 Å². The molecule has 2 aromatic rings. The number of amides is 3. The number of halogens is 2. The van der Waals surface area contributed by atoms with Crippen molar-refractivity contribution < 1.29 is 19.5 Å². The van der Waals surface area contributed by atoms with Gasteiger partial charge in [-0.1, -0.05) is 35.3 Å². The predicted molar refractivity (Wildman–Crippen MR) is 118 cm³/mol. The Morgan fingerprint density at radius 2 is 2.00 bits per heavy atom. The fraction of sp³-hybridized carbons (Fsp3) is 0.286. The standard InChI is InChI=1S/C21H22Cl2N4O4/c1-27-9-15(14-6-12(22)7-17(23)16(14)10-27)11-3-2-4-13(5-11)25-21(31)26-18(20(29)30)8-19(24)28/h2-7,15,18H,8-10H2,1H3,(H2,24,28)(H,29,30)(H2,25,26,31). The molecule has 0 aromatic heterocycles. The first-order valence-corrected chi connectivity index (χ1v) is 10.2. The van der Waals surface area contributed by atoms with Crippen molar-refractivity contribution in [2.75, 3.05) is 18.9 Å².